The Balaban J connectivity index is 1.75. The summed E-state index contributed by atoms with van der Waals surface area (Å²) in [7, 11) is -1.99. The van der Waals surface area contributed by atoms with Gasteiger partial charge in [0, 0.05) is 25.6 Å². The maximum absolute atomic E-state index is 13.7. The van der Waals surface area contributed by atoms with Crippen molar-refractivity contribution in [3.63, 3.8) is 0 Å². The first kappa shape index (κ1) is 31.3. The van der Waals surface area contributed by atoms with Gasteiger partial charge in [0.1, 0.15) is 17.5 Å². The van der Waals surface area contributed by atoms with Crippen LogP contribution in [-0.2, 0) is 26.2 Å². The molecule has 0 spiro atoms. The second-order valence-electron chi connectivity index (χ2n) is 10.2. The van der Waals surface area contributed by atoms with Gasteiger partial charge in [0.05, 0.1) is 25.7 Å². The molecule has 1 aliphatic rings. The van der Waals surface area contributed by atoms with Crippen LogP contribution in [0.1, 0.15) is 64.4 Å². The van der Waals surface area contributed by atoms with E-state index in [9.17, 15) is 18.0 Å². The molecule has 40 heavy (non-hydrogen) atoms. The minimum atomic E-state index is -3.58. The molecule has 0 heterocycles. The number of ether oxygens (including phenoxy) is 2. The van der Waals surface area contributed by atoms with Crippen LogP contribution in [0.15, 0.2) is 48.5 Å². The largest absolute Gasteiger partial charge is 0.497 e. The molecule has 220 valence electrons. The van der Waals surface area contributed by atoms with Crippen molar-refractivity contribution < 1.29 is 27.5 Å². The van der Waals surface area contributed by atoms with E-state index in [1.165, 1.54) is 4.31 Å². The zero-order valence-electron chi connectivity index (χ0n) is 24.1. The van der Waals surface area contributed by atoms with E-state index in [2.05, 4.69) is 5.32 Å². The van der Waals surface area contributed by atoms with Crippen LogP contribution in [0.25, 0.3) is 0 Å². The van der Waals surface area contributed by atoms with Crippen molar-refractivity contribution >= 4 is 27.5 Å². The standard InChI is InChI=1S/C30H43N3O6S/c1-5-28(30(35)31-24-12-7-8-13-24)32(22-23-11-9-14-27(21-23)38-3)29(34)15-10-20-33(40(4,36)37)25-16-18-26(19-17-25)39-6-2/h9,11,14,16-19,21,24,28H,5-8,10,12-13,15,20,22H2,1-4H3,(H,31,35). The van der Waals surface area contributed by atoms with Gasteiger partial charge in [-0.15, -0.1) is 0 Å². The molecular formula is C30H43N3O6S. The summed E-state index contributed by atoms with van der Waals surface area (Å²) in [6.07, 6.45) is 6.13. The van der Waals surface area contributed by atoms with Crippen LogP contribution in [0.5, 0.6) is 11.5 Å². The minimum absolute atomic E-state index is 0.0974. The summed E-state index contributed by atoms with van der Waals surface area (Å²) in [6.45, 7) is 4.69. The summed E-state index contributed by atoms with van der Waals surface area (Å²) in [5, 5.41) is 3.15. The topological polar surface area (TPSA) is 105 Å². The van der Waals surface area contributed by atoms with E-state index in [0.29, 0.717) is 36.6 Å². The average molecular weight is 574 g/mol. The van der Waals surface area contributed by atoms with E-state index >= 15 is 0 Å². The fraction of sp³-hybridized carbons (Fsp3) is 0.533. The first-order valence-electron chi connectivity index (χ1n) is 14.1. The highest BCUT2D eigenvalue weighted by Crippen LogP contribution is 2.24. The van der Waals surface area contributed by atoms with Crippen molar-refractivity contribution in [1.82, 2.24) is 10.2 Å². The number of rotatable bonds is 15. The molecule has 2 aromatic carbocycles. The van der Waals surface area contributed by atoms with Crippen LogP contribution in [0, 0.1) is 0 Å². The predicted octanol–water partition coefficient (Wildman–Crippen LogP) is 4.51. The normalized spacial score (nSPS) is 14.4. The number of amides is 2. The lowest BCUT2D eigenvalue weighted by atomic mass is 10.1. The van der Waals surface area contributed by atoms with Gasteiger partial charge in [-0.3, -0.25) is 13.9 Å². The van der Waals surface area contributed by atoms with Crippen molar-refractivity contribution in [3.8, 4) is 11.5 Å². The highest BCUT2D eigenvalue weighted by molar-refractivity contribution is 7.92. The number of methoxy groups -OCH3 is 1. The van der Waals surface area contributed by atoms with Gasteiger partial charge in [0.15, 0.2) is 0 Å². The molecule has 1 saturated carbocycles. The second kappa shape index (κ2) is 14.9. The van der Waals surface area contributed by atoms with E-state index in [1.807, 2.05) is 38.1 Å². The zero-order valence-corrected chi connectivity index (χ0v) is 24.9. The molecule has 2 amide bonds. The van der Waals surface area contributed by atoms with Crippen LogP contribution in [0.3, 0.4) is 0 Å². The lowest BCUT2D eigenvalue weighted by molar-refractivity contribution is -0.141. The molecule has 9 nitrogen and oxygen atoms in total. The first-order chi connectivity index (χ1) is 19.2. The number of carbonyl (C=O) groups is 2. The lowest BCUT2D eigenvalue weighted by Gasteiger charge is -2.32. The molecule has 10 heteroatoms. The summed E-state index contributed by atoms with van der Waals surface area (Å²) < 4.78 is 37.3. The Morgan fingerprint density at radius 3 is 2.35 bits per heavy atom. The van der Waals surface area contributed by atoms with Crippen LogP contribution >= 0.6 is 0 Å². The summed E-state index contributed by atoms with van der Waals surface area (Å²) in [4.78, 5) is 28.6. The van der Waals surface area contributed by atoms with Gasteiger partial charge in [-0.1, -0.05) is 31.9 Å². The molecule has 2 aromatic rings. The fourth-order valence-electron chi connectivity index (χ4n) is 5.13. The molecular weight excluding hydrogens is 530 g/mol. The molecule has 0 aromatic heterocycles. The van der Waals surface area contributed by atoms with E-state index in [4.69, 9.17) is 9.47 Å². The van der Waals surface area contributed by atoms with Crippen molar-refractivity contribution in [2.24, 2.45) is 0 Å². The van der Waals surface area contributed by atoms with Gasteiger partial charge in [0.25, 0.3) is 0 Å². The van der Waals surface area contributed by atoms with Crippen LogP contribution in [-0.4, -0.2) is 63.7 Å². The molecule has 0 bridgehead atoms. The number of nitrogens with one attached hydrogen (secondary N) is 1. The lowest BCUT2D eigenvalue weighted by Crippen LogP contribution is -2.51. The number of hydrogen-bond donors (Lipinski definition) is 1. The maximum atomic E-state index is 13.7. The van der Waals surface area contributed by atoms with Crippen molar-refractivity contribution in [1.29, 1.82) is 0 Å². The summed E-state index contributed by atoms with van der Waals surface area (Å²) in [5.74, 6) is 0.992. The van der Waals surface area contributed by atoms with E-state index in [-0.39, 0.29) is 37.4 Å². The zero-order chi connectivity index (χ0) is 29.1. The Hall–Kier alpha value is -3.27. The second-order valence-corrected chi connectivity index (χ2v) is 12.1. The highest BCUT2D eigenvalue weighted by atomic mass is 32.2. The van der Waals surface area contributed by atoms with Gasteiger partial charge in [-0.2, -0.15) is 0 Å². The third kappa shape index (κ3) is 8.87. The summed E-state index contributed by atoms with van der Waals surface area (Å²) in [5.41, 5.74) is 1.36. The number of anilines is 1. The van der Waals surface area contributed by atoms with Crippen molar-refractivity contribution in [2.45, 2.75) is 77.4 Å². The minimum Gasteiger partial charge on any atom is -0.497 e. The Bertz CT molecular complexity index is 1210. The number of nitrogens with zero attached hydrogens (tertiary/aromatic N) is 2. The Morgan fingerprint density at radius 2 is 1.75 bits per heavy atom. The summed E-state index contributed by atoms with van der Waals surface area (Å²) >= 11 is 0. The molecule has 1 aliphatic carbocycles. The van der Waals surface area contributed by atoms with Crippen LogP contribution in [0.4, 0.5) is 5.69 Å². The maximum Gasteiger partial charge on any atom is 0.243 e. The van der Waals surface area contributed by atoms with Gasteiger partial charge in [-0.25, -0.2) is 8.42 Å². The first-order valence-corrected chi connectivity index (χ1v) is 15.9. The van der Waals surface area contributed by atoms with Crippen LogP contribution in [0.2, 0.25) is 0 Å². The quantitative estimate of drug-likeness (QED) is 0.336. The van der Waals surface area contributed by atoms with Gasteiger partial charge in [-0.05, 0) is 74.6 Å². The molecule has 1 N–H and O–H groups in total. The fourth-order valence-corrected chi connectivity index (χ4v) is 6.10. The van der Waals surface area contributed by atoms with E-state index in [1.54, 1.807) is 36.3 Å². The number of hydrogen-bond acceptors (Lipinski definition) is 6. The smallest absolute Gasteiger partial charge is 0.243 e. The molecule has 0 aliphatic heterocycles. The van der Waals surface area contributed by atoms with Gasteiger partial charge >= 0.3 is 0 Å². The van der Waals surface area contributed by atoms with Gasteiger partial charge in [0.2, 0.25) is 21.8 Å². The predicted molar refractivity (Wildman–Crippen MR) is 157 cm³/mol. The Morgan fingerprint density at radius 1 is 1.05 bits per heavy atom. The third-order valence-electron chi connectivity index (χ3n) is 7.16. The number of sulfonamides is 1. The average Bonchev–Trinajstić information content (AvgIpc) is 3.44. The van der Waals surface area contributed by atoms with Crippen molar-refractivity contribution in [3.05, 3.63) is 54.1 Å². The van der Waals surface area contributed by atoms with Crippen molar-refractivity contribution in [2.75, 3.05) is 30.8 Å². The third-order valence-corrected chi connectivity index (χ3v) is 8.36. The SMILES string of the molecule is CCOc1ccc(N(CCCC(=O)N(Cc2cccc(OC)c2)C(CC)C(=O)NC2CCCC2)S(C)(=O)=O)cc1. The summed E-state index contributed by atoms with van der Waals surface area (Å²) in [6, 6.07) is 13.8. The van der Waals surface area contributed by atoms with E-state index in [0.717, 1.165) is 37.5 Å². The number of benzene rings is 2. The Labute approximate surface area is 238 Å². The number of carbonyl (C=O) groups excluding carboxylic acids is 2. The monoisotopic (exact) mass is 573 g/mol. The molecule has 3 rings (SSSR count). The molecule has 1 unspecified atom stereocenters. The molecule has 0 saturated heterocycles. The molecule has 1 fully saturated rings. The van der Waals surface area contributed by atoms with E-state index < -0.39 is 16.1 Å². The Kier molecular flexibility index (Phi) is 11.7. The van der Waals surface area contributed by atoms with Gasteiger partial charge < -0.3 is 19.7 Å². The highest BCUT2D eigenvalue weighted by Gasteiger charge is 2.30. The molecule has 0 radical (unpaired) electrons. The molecule has 1 atom stereocenters. The van der Waals surface area contributed by atoms with Crippen LogP contribution < -0.4 is 19.1 Å².